The fourth-order valence-corrected chi connectivity index (χ4v) is 5.99. The molecule has 0 fully saturated rings. The first-order chi connectivity index (χ1) is 17.2. The minimum absolute atomic E-state index is 0.367. The van der Waals surface area contributed by atoms with Gasteiger partial charge in [-0.3, -0.25) is 4.79 Å². The quantitative estimate of drug-likeness (QED) is 0.374. The number of thiazole rings is 1. The number of hydrogen-bond donors (Lipinski definition) is 2. The lowest BCUT2D eigenvalue weighted by Gasteiger charge is -2.46. The van der Waals surface area contributed by atoms with Gasteiger partial charge in [-0.2, -0.15) is 0 Å². The average molecular weight is 546 g/mol. The molecular weight excluding hydrogens is 521 g/mol. The lowest BCUT2D eigenvalue weighted by molar-refractivity contribution is -0.149. The summed E-state index contributed by atoms with van der Waals surface area (Å²) in [6.07, 6.45) is 0. The Morgan fingerprint density at radius 1 is 1.11 bits per heavy atom. The van der Waals surface area contributed by atoms with Crippen molar-refractivity contribution in [2.45, 2.75) is 25.4 Å². The summed E-state index contributed by atoms with van der Waals surface area (Å²) in [5, 5.41) is 10.2. The first-order valence-corrected chi connectivity index (χ1v) is 12.7. The molecule has 188 valence electrons. The van der Waals surface area contributed by atoms with Crippen molar-refractivity contribution in [3.63, 3.8) is 0 Å². The second kappa shape index (κ2) is 10.5. The summed E-state index contributed by atoms with van der Waals surface area (Å²) in [5.74, 6) is -2.47. The van der Waals surface area contributed by atoms with Crippen LogP contribution in [0.25, 0.3) is 11.3 Å². The molecule has 2 heterocycles. The zero-order valence-electron chi connectivity index (χ0n) is 20.1. The van der Waals surface area contributed by atoms with E-state index in [0.29, 0.717) is 32.1 Å². The first kappa shape index (κ1) is 26.0. The number of carbonyl (C=O) groups excluding carboxylic acids is 2. The number of esters is 2. The third-order valence-corrected chi connectivity index (χ3v) is 7.52. The highest BCUT2D eigenvalue weighted by molar-refractivity contribution is 7.14. The van der Waals surface area contributed by atoms with Crippen LogP contribution < -0.4 is 10.6 Å². The molecule has 0 bridgehead atoms. The Hall–Kier alpha value is -3.07. The second-order valence-corrected chi connectivity index (χ2v) is 10.2. The van der Waals surface area contributed by atoms with E-state index in [-0.39, 0.29) is 0 Å². The molecule has 0 amide bonds. The van der Waals surface area contributed by atoms with E-state index in [2.05, 4.69) is 10.6 Å². The van der Waals surface area contributed by atoms with Gasteiger partial charge in [0.05, 0.1) is 30.5 Å². The number of allylic oxidation sites excluding steroid dienone is 1. The molecule has 10 heteroatoms. The molecule has 1 aliphatic rings. The normalized spacial score (nSPS) is 21.5. The molecule has 7 nitrogen and oxygen atoms in total. The highest BCUT2D eigenvalue weighted by atomic mass is 35.5. The monoisotopic (exact) mass is 545 g/mol. The predicted octanol–water partition coefficient (Wildman–Crippen LogP) is 5.87. The van der Waals surface area contributed by atoms with Crippen molar-refractivity contribution in [3.8, 4) is 11.3 Å². The van der Waals surface area contributed by atoms with Crippen molar-refractivity contribution >= 4 is 51.6 Å². The Kier molecular flexibility index (Phi) is 7.59. The number of methoxy groups -OCH3 is 2. The van der Waals surface area contributed by atoms with Gasteiger partial charge in [0, 0.05) is 27.6 Å². The number of anilines is 1. The molecule has 3 unspecified atom stereocenters. The molecule has 0 saturated carbocycles. The second-order valence-electron chi connectivity index (χ2n) is 8.53. The van der Waals surface area contributed by atoms with E-state index in [9.17, 15) is 9.59 Å². The molecule has 0 aliphatic carbocycles. The number of hydrogen-bond acceptors (Lipinski definition) is 8. The third-order valence-electron chi connectivity index (χ3n) is 6.21. The molecule has 1 aromatic heterocycles. The van der Waals surface area contributed by atoms with Crippen molar-refractivity contribution in [2.24, 2.45) is 5.92 Å². The molecule has 2 aromatic carbocycles. The van der Waals surface area contributed by atoms with Crippen LogP contribution >= 0.6 is 34.5 Å². The van der Waals surface area contributed by atoms with Gasteiger partial charge in [-0.1, -0.05) is 53.5 Å². The number of aromatic nitrogens is 1. The Morgan fingerprint density at radius 2 is 1.83 bits per heavy atom. The molecule has 1 aliphatic heterocycles. The van der Waals surface area contributed by atoms with E-state index in [1.165, 1.54) is 25.6 Å². The third kappa shape index (κ3) is 4.93. The van der Waals surface area contributed by atoms with E-state index >= 15 is 0 Å². The number of benzene rings is 2. The van der Waals surface area contributed by atoms with Crippen molar-refractivity contribution in [3.05, 3.63) is 80.8 Å². The Labute approximate surface area is 223 Å². The summed E-state index contributed by atoms with van der Waals surface area (Å²) in [6, 6.07) is 14.6. The van der Waals surface area contributed by atoms with Gasteiger partial charge in [-0.15, -0.1) is 11.3 Å². The van der Waals surface area contributed by atoms with Crippen LogP contribution in [0, 0.1) is 5.92 Å². The van der Waals surface area contributed by atoms with Gasteiger partial charge >= 0.3 is 11.9 Å². The fourth-order valence-electron chi connectivity index (χ4n) is 4.66. The number of nitrogens with one attached hydrogen (secondary N) is 2. The van der Waals surface area contributed by atoms with Crippen molar-refractivity contribution in [2.75, 3.05) is 19.5 Å². The lowest BCUT2D eigenvalue weighted by Crippen LogP contribution is -2.62. The Morgan fingerprint density at radius 3 is 2.47 bits per heavy atom. The van der Waals surface area contributed by atoms with Gasteiger partial charge in [-0.05, 0) is 37.6 Å². The zero-order valence-corrected chi connectivity index (χ0v) is 22.4. The smallest absolute Gasteiger partial charge is 0.336 e. The van der Waals surface area contributed by atoms with Crippen LogP contribution in [0.3, 0.4) is 0 Å². The molecule has 4 rings (SSSR count). The Balaban J connectivity index is 1.79. The van der Waals surface area contributed by atoms with E-state index in [4.69, 9.17) is 37.7 Å². The average Bonchev–Trinajstić information content (AvgIpc) is 3.30. The number of ether oxygens (including phenoxy) is 2. The maximum Gasteiger partial charge on any atom is 0.336 e. The summed E-state index contributed by atoms with van der Waals surface area (Å²) in [7, 11) is 2.65. The highest BCUT2D eigenvalue weighted by Crippen LogP contribution is 2.45. The van der Waals surface area contributed by atoms with E-state index < -0.39 is 29.4 Å². The highest BCUT2D eigenvalue weighted by Gasteiger charge is 2.52. The van der Waals surface area contributed by atoms with Crippen LogP contribution in [-0.4, -0.2) is 36.8 Å². The van der Waals surface area contributed by atoms with Crippen LogP contribution in [-0.2, 0) is 19.1 Å². The summed E-state index contributed by atoms with van der Waals surface area (Å²) in [6.45, 7) is 3.63. The van der Waals surface area contributed by atoms with Gasteiger partial charge in [0.15, 0.2) is 5.13 Å². The number of rotatable bonds is 6. The molecule has 3 aromatic rings. The van der Waals surface area contributed by atoms with Crippen molar-refractivity contribution in [1.29, 1.82) is 0 Å². The molecular formula is C26H25Cl2N3O4S. The number of carbonyl (C=O) groups is 2. The molecule has 36 heavy (non-hydrogen) atoms. The molecule has 3 atom stereocenters. The van der Waals surface area contributed by atoms with E-state index in [0.717, 1.165) is 11.1 Å². The lowest BCUT2D eigenvalue weighted by atomic mass is 9.71. The predicted molar refractivity (Wildman–Crippen MR) is 142 cm³/mol. The van der Waals surface area contributed by atoms with Crippen molar-refractivity contribution < 1.29 is 19.1 Å². The molecule has 0 saturated heterocycles. The summed E-state index contributed by atoms with van der Waals surface area (Å²) in [5.41, 5.74) is 2.08. The van der Waals surface area contributed by atoms with Crippen molar-refractivity contribution in [1.82, 2.24) is 10.3 Å². The Bertz CT molecular complexity index is 1330. The minimum atomic E-state index is -1.06. The van der Waals surface area contributed by atoms with Crippen LogP contribution in [0.5, 0.6) is 0 Å². The molecule has 2 N–H and O–H groups in total. The maximum atomic E-state index is 13.3. The van der Waals surface area contributed by atoms with Gasteiger partial charge in [-0.25, -0.2) is 9.78 Å². The van der Waals surface area contributed by atoms with Gasteiger partial charge < -0.3 is 20.1 Å². The van der Waals surface area contributed by atoms with Gasteiger partial charge in [0.25, 0.3) is 0 Å². The topological polar surface area (TPSA) is 89.5 Å². The summed E-state index contributed by atoms with van der Waals surface area (Å²) in [4.78, 5) is 30.9. The summed E-state index contributed by atoms with van der Waals surface area (Å²) >= 11 is 13.8. The van der Waals surface area contributed by atoms with Crippen LogP contribution in [0.1, 0.15) is 25.3 Å². The van der Waals surface area contributed by atoms with Gasteiger partial charge in [0.2, 0.25) is 0 Å². The number of halogens is 2. The molecule has 0 spiro atoms. The standard InChI is InChI=1S/C26H25Cl2N3O4S/c1-14-20(23(32)34-3)21(15-8-6-5-7-9-15)22(24(33)35-4)26(2,30-14)31-25-29-19(13-36-25)17-11-10-16(27)12-18(17)28/h5-13,21-22,30H,1-4H3,(H,29,31). The van der Waals surface area contributed by atoms with E-state index in [1.807, 2.05) is 48.7 Å². The SMILES string of the molecule is COC(=O)C1=C(C)NC(C)(Nc2nc(-c3ccc(Cl)cc3Cl)cs2)C(C(=O)OC)C1c1ccccc1. The molecule has 0 radical (unpaired) electrons. The van der Waals surface area contributed by atoms with Gasteiger partial charge in [0.1, 0.15) is 11.6 Å². The van der Waals surface area contributed by atoms with E-state index in [1.54, 1.807) is 19.1 Å². The maximum absolute atomic E-state index is 13.3. The number of nitrogens with zero attached hydrogens (tertiary/aromatic N) is 1. The largest absolute Gasteiger partial charge is 0.469 e. The first-order valence-electron chi connectivity index (χ1n) is 11.1. The van der Waals surface area contributed by atoms with Crippen LogP contribution in [0.15, 0.2) is 65.2 Å². The van der Waals surface area contributed by atoms with Crippen LogP contribution in [0.4, 0.5) is 5.13 Å². The van der Waals surface area contributed by atoms with Crippen LogP contribution in [0.2, 0.25) is 10.0 Å². The zero-order chi connectivity index (χ0) is 26.0. The summed E-state index contributed by atoms with van der Waals surface area (Å²) < 4.78 is 10.3. The fraction of sp³-hybridized carbons (Fsp3) is 0.269. The minimum Gasteiger partial charge on any atom is -0.469 e.